The van der Waals surface area contributed by atoms with E-state index < -0.39 is 57.7 Å². The van der Waals surface area contributed by atoms with Crippen LogP contribution < -0.4 is 0 Å². The van der Waals surface area contributed by atoms with E-state index in [1.807, 2.05) is 239 Å². The Bertz CT molecular complexity index is 3970. The maximum absolute atomic E-state index is 19.0. The Hall–Kier alpha value is -8.44. The van der Waals surface area contributed by atoms with E-state index in [9.17, 15) is 45.0 Å². The first kappa shape index (κ1) is 94.4. The minimum atomic E-state index is -5.61. The maximum atomic E-state index is 19.0. The zero-order valence-corrected chi connectivity index (χ0v) is 73.2. The molecule has 3 aliphatic carbocycles. The van der Waals surface area contributed by atoms with Gasteiger partial charge in [0.1, 0.15) is 34.1 Å². The van der Waals surface area contributed by atoms with Crippen LogP contribution in [-0.2, 0) is 79.8 Å². The number of phosphoric acid groups is 1. The molecule has 0 aromatic heterocycles. The van der Waals surface area contributed by atoms with Crippen LogP contribution in [0.2, 0.25) is 0 Å². The van der Waals surface area contributed by atoms with Crippen molar-refractivity contribution in [2.75, 3.05) is 21.3 Å². The third-order valence-electron chi connectivity index (χ3n) is 25.1. The fourth-order valence-corrected chi connectivity index (χ4v) is 20.0. The van der Waals surface area contributed by atoms with Gasteiger partial charge in [-0.1, -0.05) is 316 Å². The minimum Gasteiger partial charge on any atom is -0.469 e. The van der Waals surface area contributed by atoms with E-state index in [2.05, 4.69) is 20.8 Å². The summed E-state index contributed by atoms with van der Waals surface area (Å²) in [5.74, 6) is -0.657. The standard InChI is InChI=1S/C102H135O16P/c1-10-13-67-94(4,106)70-46-73-97(79-49-28-22-29-50-79)85(61-40-16-19-43-64-91(103)113-7)88(76-100(97,109)82-55-34-25-35-56-82)116-119(112,117-89-77-101(110,83-57-36-26-37-58-83)98(80-51-30-23-31-52-80,74-47-71-95(5,107)68-14-11-2)86(89)62-41-17-20-44-65-92(104)114-8)118-90-78-102(111,84-59-38-27-39-60-84)99(81-53-32-24-33-54-81,75-48-72-96(6,108)69-15-12-3)87(90)63-42-18-21-45-66-93(105)115-9/h22-39,46-60,73-75,106-111H,10-21,40-45,61-72,76-78H2,1-9H3/b73-46+,74-47+,75-48+/t94-,95-,96-,97-,98-,99-,100-,101-,102-/m1/s1. The number of methoxy groups -OCH3 is 3. The van der Waals surface area contributed by atoms with Gasteiger partial charge in [0.25, 0.3) is 0 Å². The third-order valence-corrected chi connectivity index (χ3v) is 26.4. The summed E-state index contributed by atoms with van der Waals surface area (Å²) in [6.07, 6.45) is 26.2. The molecular weight excluding hydrogens is 1510 g/mol. The summed E-state index contributed by atoms with van der Waals surface area (Å²) in [4.78, 5) is 38.0. The molecule has 0 saturated heterocycles. The van der Waals surface area contributed by atoms with E-state index in [1.165, 1.54) is 21.3 Å². The predicted octanol–water partition coefficient (Wildman–Crippen LogP) is 22.8. The van der Waals surface area contributed by atoms with E-state index in [1.54, 1.807) is 0 Å². The predicted molar refractivity (Wildman–Crippen MR) is 472 cm³/mol. The highest BCUT2D eigenvalue weighted by Crippen LogP contribution is 2.70. The van der Waals surface area contributed by atoms with Crippen LogP contribution in [-0.4, -0.2) is 86.7 Å². The molecule has 3 aliphatic rings. The van der Waals surface area contributed by atoms with Crippen LogP contribution in [0.3, 0.4) is 0 Å². The average molecular weight is 1650 g/mol. The van der Waals surface area contributed by atoms with Crippen molar-refractivity contribution < 1.29 is 77.4 Å². The van der Waals surface area contributed by atoms with Crippen molar-refractivity contribution in [3.8, 4) is 0 Å². The second-order valence-corrected chi connectivity index (χ2v) is 35.7. The lowest BCUT2D eigenvalue weighted by atomic mass is 9.62. The lowest BCUT2D eigenvalue weighted by Crippen LogP contribution is -2.46. The monoisotopic (exact) mass is 1650 g/mol. The van der Waals surface area contributed by atoms with Crippen molar-refractivity contribution in [1.82, 2.24) is 0 Å². The van der Waals surface area contributed by atoms with Crippen LogP contribution in [0.5, 0.6) is 0 Å². The first-order valence-electron chi connectivity index (χ1n) is 43.9. The second kappa shape index (κ2) is 43.9. The van der Waals surface area contributed by atoms with Gasteiger partial charge in [-0.3, -0.25) is 14.4 Å². The molecule has 0 fully saturated rings. The Kier molecular flexibility index (Phi) is 34.8. The number of unbranched alkanes of at least 4 members (excludes halogenated alkanes) is 12. The molecule has 0 radical (unpaired) electrons. The summed E-state index contributed by atoms with van der Waals surface area (Å²) < 4.78 is 57.7. The van der Waals surface area contributed by atoms with Gasteiger partial charge in [0.15, 0.2) is 0 Å². The van der Waals surface area contributed by atoms with Crippen LogP contribution in [0.15, 0.2) is 252 Å². The average Bonchev–Trinajstić information content (AvgIpc) is 1.55. The normalized spacial score (nSPS) is 23.0. The van der Waals surface area contributed by atoms with Gasteiger partial charge in [0.2, 0.25) is 0 Å². The van der Waals surface area contributed by atoms with Crippen LogP contribution in [0, 0.1) is 0 Å². The number of esters is 3. The van der Waals surface area contributed by atoms with Gasteiger partial charge in [-0.05, 0) is 167 Å². The van der Waals surface area contributed by atoms with Crippen molar-refractivity contribution in [1.29, 1.82) is 0 Å². The fourth-order valence-electron chi connectivity index (χ4n) is 18.6. The summed E-state index contributed by atoms with van der Waals surface area (Å²) in [7, 11) is -1.47. The topological polar surface area (TPSA) is 245 Å². The highest BCUT2D eigenvalue weighted by molar-refractivity contribution is 7.48. The molecule has 644 valence electrons. The van der Waals surface area contributed by atoms with Crippen LogP contribution in [0.25, 0.3) is 0 Å². The number of phosphoric ester groups is 1. The number of hydrogen-bond donors (Lipinski definition) is 6. The van der Waals surface area contributed by atoms with Gasteiger partial charge < -0.3 is 58.4 Å². The number of benzene rings is 6. The molecule has 6 aromatic rings. The number of hydrogen-bond acceptors (Lipinski definition) is 16. The van der Waals surface area contributed by atoms with Crippen molar-refractivity contribution in [2.45, 2.75) is 303 Å². The van der Waals surface area contributed by atoms with Crippen molar-refractivity contribution >= 4 is 25.7 Å². The van der Waals surface area contributed by atoms with E-state index >= 15 is 4.57 Å². The molecule has 0 aliphatic heterocycles. The van der Waals surface area contributed by atoms with Crippen molar-refractivity contribution in [3.05, 3.63) is 286 Å². The smallest absolute Gasteiger partial charge is 0.469 e. The number of carbonyl (C=O) groups is 3. The second-order valence-electron chi connectivity index (χ2n) is 34.2. The van der Waals surface area contributed by atoms with E-state index in [4.69, 9.17) is 27.8 Å². The molecule has 0 unspecified atom stereocenters. The number of carbonyl (C=O) groups excluding carboxylic acids is 3. The lowest BCUT2D eigenvalue weighted by molar-refractivity contribution is -0.141. The minimum absolute atomic E-state index is 0.0979. The number of rotatable bonds is 51. The molecule has 17 heteroatoms. The molecule has 0 heterocycles. The quantitative estimate of drug-likeness (QED) is 0.00683. The Balaban J connectivity index is 1.44. The van der Waals surface area contributed by atoms with Gasteiger partial charge >= 0.3 is 25.7 Å². The summed E-state index contributed by atoms with van der Waals surface area (Å²) in [6.45, 7) is 11.8. The van der Waals surface area contributed by atoms with Crippen LogP contribution in [0.1, 0.15) is 287 Å². The highest BCUT2D eigenvalue weighted by atomic mass is 31.2. The summed E-state index contributed by atoms with van der Waals surface area (Å²) in [6, 6.07) is 57.4. The summed E-state index contributed by atoms with van der Waals surface area (Å²) in [5, 5.41) is 81.5. The molecule has 0 saturated carbocycles. The van der Waals surface area contributed by atoms with Crippen molar-refractivity contribution in [2.24, 2.45) is 0 Å². The van der Waals surface area contributed by atoms with Gasteiger partial charge in [0, 0.05) is 38.5 Å². The SMILES string of the molecule is CCCC[C@@](C)(O)C/C=C/[C@@]1(c2ccccc2)C(CCCCCCC(=O)OC)=C(OP(=O)(OC2=C(CCCCCCC(=O)OC)[C@@](/C=C/C[C@](C)(O)CCCC)(c3ccccc3)[C@](O)(c3ccccc3)C2)OC2=C(CCCCCCC(=O)OC)[C@@](/C=C/C[C@](C)(O)CCCC)(c3ccccc3)[C@](O)(c3ccccc3)C2)C[C@@]1(O)c1ccccc1. The molecule has 0 amide bonds. The molecular formula is C102H135O16P. The van der Waals surface area contributed by atoms with Gasteiger partial charge in [-0.2, -0.15) is 4.57 Å². The zero-order chi connectivity index (χ0) is 85.7. The number of aliphatic hydroxyl groups is 6. The van der Waals surface area contributed by atoms with E-state index in [-0.39, 0.29) is 112 Å². The Labute approximate surface area is 709 Å². The maximum Gasteiger partial charge on any atom is 0.646 e. The Morgan fingerprint density at radius 3 is 0.782 bits per heavy atom. The van der Waals surface area contributed by atoms with Crippen molar-refractivity contribution in [3.63, 3.8) is 0 Å². The zero-order valence-electron chi connectivity index (χ0n) is 72.3. The first-order valence-corrected chi connectivity index (χ1v) is 45.4. The number of ether oxygens (including phenoxy) is 3. The lowest BCUT2D eigenvalue weighted by Gasteiger charge is -2.43. The van der Waals surface area contributed by atoms with Gasteiger partial charge in [0.05, 0.1) is 54.4 Å². The fraction of sp³-hybridized carbons (Fsp3) is 0.500. The summed E-state index contributed by atoms with van der Waals surface area (Å²) >= 11 is 0. The molecule has 9 atom stereocenters. The Morgan fingerprint density at radius 2 is 0.563 bits per heavy atom. The van der Waals surface area contributed by atoms with Gasteiger partial charge in [-0.15, -0.1) is 0 Å². The molecule has 0 bridgehead atoms. The third kappa shape index (κ3) is 23.0. The molecule has 9 rings (SSSR count). The Morgan fingerprint density at radius 1 is 0.345 bits per heavy atom. The molecule has 0 spiro atoms. The summed E-state index contributed by atoms with van der Waals surface area (Å²) in [5.41, 5.74) is -8.81. The van der Waals surface area contributed by atoms with E-state index in [0.29, 0.717) is 146 Å². The highest BCUT2D eigenvalue weighted by Gasteiger charge is 2.65. The van der Waals surface area contributed by atoms with Gasteiger partial charge in [-0.25, -0.2) is 0 Å². The molecule has 6 N–H and O–H groups in total. The largest absolute Gasteiger partial charge is 0.646 e. The van der Waals surface area contributed by atoms with E-state index in [0.717, 1.165) is 38.5 Å². The molecule has 6 aromatic carbocycles. The molecule has 119 heavy (non-hydrogen) atoms. The van der Waals surface area contributed by atoms with Crippen LogP contribution in [0.4, 0.5) is 0 Å². The first-order chi connectivity index (χ1) is 57.1. The van der Waals surface area contributed by atoms with Crippen LogP contribution >= 0.6 is 7.82 Å². The molecule has 16 nitrogen and oxygen atoms in total.